The molecule has 3 rings (SSSR count). The van der Waals surface area contributed by atoms with Crippen LogP contribution in [0.15, 0.2) is 6.20 Å². The van der Waals surface area contributed by atoms with E-state index in [4.69, 9.17) is 0 Å². The summed E-state index contributed by atoms with van der Waals surface area (Å²) in [6.07, 6.45) is -2.37. The van der Waals surface area contributed by atoms with E-state index in [9.17, 15) is 22.8 Å². The molecular formula is C13H14F3N5O2. The van der Waals surface area contributed by atoms with E-state index in [0.717, 1.165) is 13.0 Å². The molecule has 7 nitrogen and oxygen atoms in total. The number of nitrogens with one attached hydrogen (secondary N) is 1. The molecule has 0 saturated carbocycles. The molecule has 0 radical (unpaired) electrons. The van der Waals surface area contributed by atoms with Gasteiger partial charge in [-0.05, 0) is 6.42 Å². The minimum atomic E-state index is -4.51. The molecule has 2 amide bonds. The minimum Gasteiger partial charge on any atom is -0.365 e. The first-order valence-electron chi connectivity index (χ1n) is 7.03. The maximum atomic E-state index is 12.2. The molecule has 1 saturated heterocycles. The van der Waals surface area contributed by atoms with E-state index in [1.165, 1.54) is 18.0 Å². The summed E-state index contributed by atoms with van der Waals surface area (Å²) < 4.78 is 36.5. The van der Waals surface area contributed by atoms with Gasteiger partial charge in [-0.15, -0.1) is 0 Å². The van der Waals surface area contributed by atoms with Crippen LogP contribution in [-0.2, 0) is 4.79 Å². The van der Waals surface area contributed by atoms with Gasteiger partial charge in [0.2, 0.25) is 11.7 Å². The summed E-state index contributed by atoms with van der Waals surface area (Å²) >= 11 is 0. The third-order valence-electron chi connectivity index (χ3n) is 3.84. The number of hydrogen-bond acceptors (Lipinski definition) is 5. The van der Waals surface area contributed by atoms with E-state index in [0.29, 0.717) is 12.2 Å². The summed E-state index contributed by atoms with van der Waals surface area (Å²) in [4.78, 5) is 35.0. The Morgan fingerprint density at radius 1 is 1.43 bits per heavy atom. The van der Waals surface area contributed by atoms with Gasteiger partial charge in [-0.2, -0.15) is 13.2 Å². The molecule has 0 aromatic carbocycles. The van der Waals surface area contributed by atoms with Crippen molar-refractivity contribution in [3.63, 3.8) is 0 Å². The average molecular weight is 329 g/mol. The number of nitrogens with zero attached hydrogens (tertiary/aromatic N) is 4. The van der Waals surface area contributed by atoms with E-state index >= 15 is 0 Å². The van der Waals surface area contributed by atoms with Gasteiger partial charge in [0.25, 0.3) is 5.91 Å². The van der Waals surface area contributed by atoms with Crippen molar-refractivity contribution in [1.29, 1.82) is 0 Å². The standard InChI is InChI=1S/C13H14F3N5O2/c1-7(22)21-8-2-3-20(5-8)9-4-17-10(19-11(9)21)12(23)18-6-13(14,15)16/h4,8H,2-3,5-6H2,1H3,(H,18,23). The molecule has 0 aliphatic carbocycles. The SMILES string of the molecule is CC(=O)N1c2nc(C(=O)NCC(F)(F)F)ncc2N2CCC1C2. The number of carbonyl (C=O) groups excluding carboxylic acids is 2. The van der Waals surface area contributed by atoms with E-state index in [2.05, 4.69) is 9.97 Å². The van der Waals surface area contributed by atoms with E-state index < -0.39 is 18.6 Å². The Labute approximate surface area is 129 Å². The van der Waals surface area contributed by atoms with Crippen LogP contribution in [0.1, 0.15) is 24.0 Å². The molecule has 23 heavy (non-hydrogen) atoms. The highest BCUT2D eigenvalue weighted by molar-refractivity contribution is 5.98. The number of carbonyl (C=O) groups is 2. The number of halogens is 3. The molecule has 124 valence electrons. The van der Waals surface area contributed by atoms with Gasteiger partial charge >= 0.3 is 6.18 Å². The Hall–Kier alpha value is -2.39. The number of hydrogen-bond donors (Lipinski definition) is 1. The van der Waals surface area contributed by atoms with Gasteiger partial charge in [0.15, 0.2) is 5.82 Å². The first-order chi connectivity index (χ1) is 10.8. The van der Waals surface area contributed by atoms with Crippen LogP contribution in [0.5, 0.6) is 0 Å². The topological polar surface area (TPSA) is 78.4 Å². The summed E-state index contributed by atoms with van der Waals surface area (Å²) in [5, 5.41) is 1.72. The number of fused-ring (bicyclic) bond motifs is 4. The van der Waals surface area contributed by atoms with Crippen LogP contribution in [0.25, 0.3) is 0 Å². The highest BCUT2D eigenvalue weighted by Gasteiger charge is 2.39. The molecule has 1 atom stereocenters. The van der Waals surface area contributed by atoms with Crippen molar-refractivity contribution in [2.24, 2.45) is 0 Å². The minimum absolute atomic E-state index is 0.0408. The molecule has 1 aromatic heterocycles. The van der Waals surface area contributed by atoms with Gasteiger partial charge in [-0.3, -0.25) is 14.5 Å². The van der Waals surface area contributed by atoms with Gasteiger partial charge in [0.05, 0.1) is 17.9 Å². The summed E-state index contributed by atoms with van der Waals surface area (Å²) in [5.74, 6) is -1.36. The quantitative estimate of drug-likeness (QED) is 0.865. The van der Waals surface area contributed by atoms with Crippen LogP contribution in [-0.4, -0.2) is 53.6 Å². The third kappa shape index (κ3) is 2.92. The number of anilines is 2. The Bertz CT molecular complexity index is 664. The second-order valence-corrected chi connectivity index (χ2v) is 5.48. The van der Waals surface area contributed by atoms with E-state index in [1.807, 2.05) is 4.90 Å². The number of rotatable bonds is 2. The van der Waals surface area contributed by atoms with Gasteiger partial charge in [-0.25, -0.2) is 9.97 Å². The molecule has 1 N–H and O–H groups in total. The molecule has 10 heteroatoms. The van der Waals surface area contributed by atoms with E-state index in [1.54, 1.807) is 5.32 Å². The van der Waals surface area contributed by atoms with Gasteiger partial charge in [-0.1, -0.05) is 0 Å². The lowest BCUT2D eigenvalue weighted by Gasteiger charge is -2.34. The lowest BCUT2D eigenvalue weighted by Crippen LogP contribution is -2.46. The predicted molar refractivity (Wildman–Crippen MR) is 74.2 cm³/mol. The van der Waals surface area contributed by atoms with Crippen molar-refractivity contribution >= 4 is 23.3 Å². The lowest BCUT2D eigenvalue weighted by atomic mass is 10.2. The second-order valence-electron chi connectivity index (χ2n) is 5.48. The van der Waals surface area contributed by atoms with Crippen LogP contribution < -0.4 is 15.1 Å². The Kier molecular flexibility index (Phi) is 3.61. The van der Waals surface area contributed by atoms with Crippen molar-refractivity contribution in [1.82, 2.24) is 15.3 Å². The van der Waals surface area contributed by atoms with Crippen LogP contribution >= 0.6 is 0 Å². The average Bonchev–Trinajstić information content (AvgIpc) is 2.87. The summed E-state index contributed by atoms with van der Waals surface area (Å²) in [6, 6.07) is -0.0408. The van der Waals surface area contributed by atoms with Gasteiger partial charge in [0.1, 0.15) is 6.54 Å². The fourth-order valence-electron chi connectivity index (χ4n) is 2.89. The zero-order chi connectivity index (χ0) is 16.8. The monoisotopic (exact) mass is 329 g/mol. The molecule has 1 unspecified atom stereocenters. The lowest BCUT2D eigenvalue weighted by molar-refractivity contribution is -0.123. The fraction of sp³-hybridized carbons (Fsp3) is 0.538. The van der Waals surface area contributed by atoms with Crippen LogP contribution in [0.2, 0.25) is 0 Å². The predicted octanol–water partition coefficient (Wildman–Crippen LogP) is 0.714. The maximum Gasteiger partial charge on any atom is 0.405 e. The van der Waals surface area contributed by atoms with Crippen molar-refractivity contribution < 1.29 is 22.8 Å². The molecule has 1 fully saturated rings. The Morgan fingerprint density at radius 3 is 2.83 bits per heavy atom. The van der Waals surface area contributed by atoms with Gasteiger partial charge in [0, 0.05) is 20.0 Å². The number of aromatic nitrogens is 2. The van der Waals surface area contributed by atoms with Crippen molar-refractivity contribution in [3.05, 3.63) is 12.0 Å². The van der Waals surface area contributed by atoms with Crippen LogP contribution in [0.4, 0.5) is 24.7 Å². The largest absolute Gasteiger partial charge is 0.405 e. The Morgan fingerprint density at radius 2 is 2.17 bits per heavy atom. The van der Waals surface area contributed by atoms with E-state index in [-0.39, 0.29) is 23.6 Å². The molecule has 2 aliphatic rings. The molecule has 0 spiro atoms. The van der Waals surface area contributed by atoms with Gasteiger partial charge < -0.3 is 10.2 Å². The van der Waals surface area contributed by atoms with Crippen LogP contribution in [0.3, 0.4) is 0 Å². The molecule has 1 aromatic rings. The first-order valence-corrected chi connectivity index (χ1v) is 7.03. The van der Waals surface area contributed by atoms with Crippen LogP contribution in [0, 0.1) is 0 Å². The van der Waals surface area contributed by atoms with Crippen molar-refractivity contribution in [3.8, 4) is 0 Å². The zero-order valence-electron chi connectivity index (χ0n) is 12.2. The fourth-order valence-corrected chi connectivity index (χ4v) is 2.89. The summed E-state index contributed by atoms with van der Waals surface area (Å²) in [7, 11) is 0. The summed E-state index contributed by atoms with van der Waals surface area (Å²) in [6.45, 7) is 1.33. The third-order valence-corrected chi connectivity index (χ3v) is 3.84. The molecule has 2 bridgehead atoms. The van der Waals surface area contributed by atoms with Crippen molar-refractivity contribution in [2.45, 2.75) is 25.6 Å². The number of alkyl halides is 3. The second kappa shape index (κ2) is 5.36. The van der Waals surface area contributed by atoms with Crippen molar-refractivity contribution in [2.75, 3.05) is 29.4 Å². The first kappa shape index (κ1) is 15.5. The normalized spacial score (nSPS) is 19.6. The highest BCUT2D eigenvalue weighted by atomic mass is 19.4. The smallest absolute Gasteiger partial charge is 0.365 e. The Balaban J connectivity index is 1.89. The maximum absolute atomic E-state index is 12.2. The molecular weight excluding hydrogens is 315 g/mol. The molecule has 2 aliphatic heterocycles. The number of amides is 2. The summed E-state index contributed by atoms with van der Waals surface area (Å²) in [5.41, 5.74) is 0.612. The molecule has 3 heterocycles. The zero-order valence-corrected chi connectivity index (χ0v) is 12.2. The highest BCUT2D eigenvalue weighted by Crippen LogP contribution is 2.38.